The molecular weight excluding hydrogens is 494 g/mol. The largest absolute Gasteiger partial charge is 0.491 e. The van der Waals surface area contributed by atoms with Gasteiger partial charge >= 0.3 is 11.7 Å². The van der Waals surface area contributed by atoms with Crippen LogP contribution in [-0.2, 0) is 4.79 Å². The lowest BCUT2D eigenvalue weighted by atomic mass is 10.1. The van der Waals surface area contributed by atoms with Gasteiger partial charge in [0, 0.05) is 10.4 Å². The minimum atomic E-state index is -1.27. The van der Waals surface area contributed by atoms with Crippen LogP contribution < -0.4 is 21.3 Å². The molecule has 0 fully saturated rings. The van der Waals surface area contributed by atoms with Crippen molar-refractivity contribution >= 4 is 45.7 Å². The first-order chi connectivity index (χ1) is 16.6. The highest BCUT2D eigenvalue weighted by Gasteiger charge is 2.24. The average molecular weight is 514 g/mol. The van der Waals surface area contributed by atoms with E-state index in [2.05, 4.69) is 10.3 Å². The summed E-state index contributed by atoms with van der Waals surface area (Å²) in [6.07, 6.45) is -0.0892. The van der Waals surface area contributed by atoms with Gasteiger partial charge in [-0.2, -0.15) is 0 Å². The second-order valence-corrected chi connectivity index (χ2v) is 9.62. The standard InChI is InChI=1S/C24H20ClN3O6S/c1-12(2)34-15-7-8-17-16(11-15)22(30)28(24(33)26-17)14-5-3-13(4-6-14)21(29)27-20(23(31)32)18-9-10-19(25)35-18/h3-12,20H,1-2H3,(H,26,33)(H,27,29)(H,31,32). The van der Waals surface area contributed by atoms with Crippen molar-refractivity contribution in [1.29, 1.82) is 0 Å². The molecule has 2 heterocycles. The first kappa shape index (κ1) is 24.2. The normalized spacial score (nSPS) is 12.0. The Bertz CT molecular complexity index is 1540. The van der Waals surface area contributed by atoms with Gasteiger partial charge in [-0.25, -0.2) is 14.2 Å². The highest BCUT2D eigenvalue weighted by molar-refractivity contribution is 7.16. The van der Waals surface area contributed by atoms with Crippen LogP contribution in [0.15, 0.2) is 64.2 Å². The van der Waals surface area contributed by atoms with E-state index in [0.29, 0.717) is 20.5 Å². The number of carbonyl (C=O) groups excluding carboxylic acids is 1. The number of carboxylic acids is 1. The first-order valence-corrected chi connectivity index (χ1v) is 11.7. The number of carboxylic acid groups (broad SMARTS) is 1. The second-order valence-electron chi connectivity index (χ2n) is 7.88. The lowest BCUT2D eigenvalue weighted by Crippen LogP contribution is -2.34. The molecule has 1 atom stereocenters. The molecule has 0 radical (unpaired) electrons. The third kappa shape index (κ3) is 5.13. The third-order valence-electron chi connectivity index (χ3n) is 5.03. The Kier molecular flexibility index (Phi) is 6.77. The van der Waals surface area contributed by atoms with Gasteiger partial charge in [-0.15, -0.1) is 11.3 Å². The molecule has 0 bridgehead atoms. The number of thiophene rings is 1. The number of nitrogens with one attached hydrogen (secondary N) is 2. The zero-order valence-electron chi connectivity index (χ0n) is 18.6. The minimum Gasteiger partial charge on any atom is -0.491 e. The predicted molar refractivity (Wildman–Crippen MR) is 133 cm³/mol. The van der Waals surface area contributed by atoms with E-state index in [-0.39, 0.29) is 22.7 Å². The third-order valence-corrected chi connectivity index (χ3v) is 6.33. The molecule has 0 saturated carbocycles. The van der Waals surface area contributed by atoms with Crippen LogP contribution in [0.3, 0.4) is 0 Å². The monoisotopic (exact) mass is 513 g/mol. The van der Waals surface area contributed by atoms with Crippen molar-refractivity contribution in [3.05, 3.63) is 90.2 Å². The van der Waals surface area contributed by atoms with Crippen molar-refractivity contribution in [1.82, 2.24) is 14.9 Å². The van der Waals surface area contributed by atoms with E-state index in [9.17, 15) is 24.3 Å². The van der Waals surface area contributed by atoms with Gasteiger partial charge < -0.3 is 20.1 Å². The molecule has 1 amide bonds. The zero-order chi connectivity index (χ0) is 25.3. The molecule has 0 aliphatic rings. The Morgan fingerprint density at radius 3 is 2.40 bits per heavy atom. The van der Waals surface area contributed by atoms with Crippen LogP contribution >= 0.6 is 22.9 Å². The molecule has 4 aromatic rings. The maximum absolute atomic E-state index is 13.1. The number of rotatable bonds is 7. The Morgan fingerprint density at radius 2 is 1.80 bits per heavy atom. The summed E-state index contributed by atoms with van der Waals surface area (Å²) in [5.41, 5.74) is -0.421. The van der Waals surface area contributed by atoms with E-state index in [4.69, 9.17) is 16.3 Å². The molecule has 9 nitrogen and oxygen atoms in total. The number of aromatic amines is 1. The highest BCUT2D eigenvalue weighted by atomic mass is 35.5. The van der Waals surface area contributed by atoms with Gasteiger partial charge in [-0.3, -0.25) is 9.59 Å². The van der Waals surface area contributed by atoms with E-state index < -0.39 is 29.2 Å². The van der Waals surface area contributed by atoms with Crippen LogP contribution in [0.5, 0.6) is 5.75 Å². The summed E-state index contributed by atoms with van der Waals surface area (Å²) in [7, 11) is 0. The van der Waals surface area contributed by atoms with Gasteiger partial charge in [-0.05, 0) is 68.4 Å². The number of fused-ring (bicyclic) bond motifs is 1. The number of ether oxygens (including phenoxy) is 1. The number of aliphatic carboxylic acids is 1. The molecule has 3 N–H and O–H groups in total. The number of halogens is 1. The van der Waals surface area contributed by atoms with Crippen LogP contribution in [0.1, 0.15) is 35.1 Å². The summed E-state index contributed by atoms with van der Waals surface area (Å²) in [5.74, 6) is -1.37. The van der Waals surface area contributed by atoms with Crippen LogP contribution in [0, 0.1) is 0 Å². The molecule has 35 heavy (non-hydrogen) atoms. The quantitative estimate of drug-likeness (QED) is 0.345. The molecule has 0 spiro atoms. The number of aromatic nitrogens is 2. The molecule has 0 saturated heterocycles. The van der Waals surface area contributed by atoms with Gasteiger partial charge in [-0.1, -0.05) is 11.6 Å². The van der Waals surface area contributed by atoms with E-state index in [0.717, 1.165) is 15.9 Å². The summed E-state index contributed by atoms with van der Waals surface area (Å²) in [6.45, 7) is 3.72. The minimum absolute atomic E-state index is 0.0892. The topological polar surface area (TPSA) is 130 Å². The van der Waals surface area contributed by atoms with Crippen LogP contribution in [0.2, 0.25) is 4.34 Å². The fourth-order valence-corrected chi connectivity index (χ4v) is 4.59. The Hall–Kier alpha value is -3.89. The number of H-pyrrole nitrogens is 1. The van der Waals surface area contributed by atoms with Crippen molar-refractivity contribution in [3.8, 4) is 11.4 Å². The maximum atomic E-state index is 13.1. The van der Waals surface area contributed by atoms with Crippen molar-refractivity contribution in [2.75, 3.05) is 0 Å². The predicted octanol–water partition coefficient (Wildman–Crippen LogP) is 3.74. The van der Waals surface area contributed by atoms with Gasteiger partial charge in [0.25, 0.3) is 11.5 Å². The highest BCUT2D eigenvalue weighted by Crippen LogP contribution is 2.27. The molecule has 2 aromatic carbocycles. The molecule has 2 aromatic heterocycles. The Balaban J connectivity index is 1.64. The Labute approximate surface area is 207 Å². The smallest absolute Gasteiger partial charge is 0.333 e. The lowest BCUT2D eigenvalue weighted by molar-refractivity contribution is -0.139. The molecule has 0 aliphatic carbocycles. The Morgan fingerprint density at radius 1 is 1.09 bits per heavy atom. The van der Waals surface area contributed by atoms with Gasteiger partial charge in [0.1, 0.15) is 5.75 Å². The second kappa shape index (κ2) is 9.77. The average Bonchev–Trinajstić information content (AvgIpc) is 3.23. The van der Waals surface area contributed by atoms with Gasteiger partial charge in [0.15, 0.2) is 6.04 Å². The van der Waals surface area contributed by atoms with Crippen LogP contribution in [-0.4, -0.2) is 32.6 Å². The fraction of sp³-hybridized carbons (Fsp3) is 0.167. The number of carbonyl (C=O) groups is 2. The van der Waals surface area contributed by atoms with Gasteiger partial charge in [0.05, 0.1) is 27.0 Å². The molecule has 4 rings (SSSR count). The molecule has 11 heteroatoms. The number of amides is 1. The number of benzene rings is 2. The fourth-order valence-electron chi connectivity index (χ4n) is 3.49. The summed E-state index contributed by atoms with van der Waals surface area (Å²) in [6, 6.07) is 12.3. The molecular formula is C24H20ClN3O6S. The van der Waals surface area contributed by atoms with E-state index in [1.807, 2.05) is 13.8 Å². The van der Waals surface area contributed by atoms with E-state index in [1.54, 1.807) is 24.3 Å². The van der Waals surface area contributed by atoms with Gasteiger partial charge in [0.2, 0.25) is 0 Å². The van der Waals surface area contributed by atoms with Crippen molar-refractivity contribution in [2.45, 2.75) is 26.0 Å². The zero-order valence-corrected chi connectivity index (χ0v) is 20.1. The van der Waals surface area contributed by atoms with Crippen molar-refractivity contribution in [2.24, 2.45) is 0 Å². The lowest BCUT2D eigenvalue weighted by Gasteiger charge is -2.13. The molecule has 0 aliphatic heterocycles. The summed E-state index contributed by atoms with van der Waals surface area (Å²) < 4.78 is 7.00. The summed E-state index contributed by atoms with van der Waals surface area (Å²) in [5, 5.41) is 12.2. The number of hydrogen-bond donors (Lipinski definition) is 3. The van der Waals surface area contributed by atoms with Crippen LogP contribution in [0.4, 0.5) is 0 Å². The summed E-state index contributed by atoms with van der Waals surface area (Å²) in [4.78, 5) is 53.1. The SMILES string of the molecule is CC(C)Oc1ccc2[nH]c(=O)n(-c3ccc(C(=O)NC(C(=O)O)c4ccc(Cl)s4)cc3)c(=O)c2c1. The van der Waals surface area contributed by atoms with Crippen molar-refractivity contribution < 1.29 is 19.4 Å². The van der Waals surface area contributed by atoms with Crippen molar-refractivity contribution in [3.63, 3.8) is 0 Å². The number of nitrogens with zero attached hydrogens (tertiary/aromatic N) is 1. The summed E-state index contributed by atoms with van der Waals surface area (Å²) >= 11 is 6.93. The first-order valence-electron chi connectivity index (χ1n) is 10.5. The molecule has 180 valence electrons. The number of hydrogen-bond acceptors (Lipinski definition) is 6. The maximum Gasteiger partial charge on any atom is 0.333 e. The van der Waals surface area contributed by atoms with E-state index in [1.165, 1.54) is 30.3 Å². The molecule has 1 unspecified atom stereocenters. The van der Waals surface area contributed by atoms with E-state index >= 15 is 0 Å². The van der Waals surface area contributed by atoms with Crippen LogP contribution in [0.25, 0.3) is 16.6 Å².